The molecule has 2 N–H and O–H groups in total. The van der Waals surface area contributed by atoms with Gasteiger partial charge in [-0.1, -0.05) is 11.3 Å². The lowest BCUT2D eigenvalue weighted by atomic mass is 10.3. The Bertz CT molecular complexity index is 564. The molecule has 0 spiro atoms. The van der Waals surface area contributed by atoms with E-state index in [0.29, 0.717) is 6.42 Å². The Morgan fingerprint density at radius 3 is 2.68 bits per heavy atom. The summed E-state index contributed by atoms with van der Waals surface area (Å²) in [6.45, 7) is 6.01. The fourth-order valence-corrected chi connectivity index (χ4v) is 2.83. The summed E-state index contributed by atoms with van der Waals surface area (Å²) in [5.41, 5.74) is 2.89. The molecule has 0 unspecified atom stereocenters. The number of hydrogen-bond acceptors (Lipinski definition) is 7. The molecule has 0 radical (unpaired) electrons. The molecule has 0 aromatic carbocycles. The van der Waals surface area contributed by atoms with Gasteiger partial charge in [0.1, 0.15) is 0 Å². The van der Waals surface area contributed by atoms with E-state index >= 15 is 0 Å². The van der Waals surface area contributed by atoms with E-state index in [0.717, 1.165) is 27.1 Å². The highest BCUT2D eigenvalue weighted by Crippen LogP contribution is 2.23. The summed E-state index contributed by atoms with van der Waals surface area (Å²) in [6, 6.07) is 1.99. The van der Waals surface area contributed by atoms with Crippen molar-refractivity contribution in [2.75, 3.05) is 6.61 Å². The molecule has 104 valence electrons. The second kappa shape index (κ2) is 5.76. The first-order chi connectivity index (χ1) is 8.97. The first kappa shape index (κ1) is 14.1. The highest BCUT2D eigenvalue weighted by Gasteiger charge is 2.12. The highest BCUT2D eigenvalue weighted by atomic mass is 32.1. The first-order valence-electron chi connectivity index (χ1n) is 5.78. The first-order valence-corrected chi connectivity index (χ1v) is 6.59. The van der Waals surface area contributed by atoms with E-state index in [9.17, 15) is 0 Å². The maximum absolute atomic E-state index is 8.46. The maximum Gasteiger partial charge on any atom is 0.211 e. The molecule has 2 heterocycles. The molecule has 0 aliphatic heterocycles. The molecule has 0 saturated carbocycles. The van der Waals surface area contributed by atoms with Gasteiger partial charge in [0.15, 0.2) is 0 Å². The molecule has 0 amide bonds. The molecular formula is C11H16N4O3S. The number of aryl methyl sites for hydroxylation is 3. The fourth-order valence-electron chi connectivity index (χ4n) is 1.78. The van der Waals surface area contributed by atoms with Crippen molar-refractivity contribution in [3.05, 3.63) is 28.0 Å². The van der Waals surface area contributed by atoms with Crippen LogP contribution in [0.4, 0.5) is 0 Å². The summed E-state index contributed by atoms with van der Waals surface area (Å²) in [5.74, 6) is 0. The van der Waals surface area contributed by atoms with Gasteiger partial charge >= 0.3 is 0 Å². The predicted octanol–water partition coefficient (Wildman–Crippen LogP) is 1.81. The molecular weight excluding hydrogens is 268 g/mol. The summed E-state index contributed by atoms with van der Waals surface area (Å²) in [4.78, 5) is 10.1. The van der Waals surface area contributed by atoms with Gasteiger partial charge in [-0.05, 0) is 26.8 Å². The second-order valence-electron chi connectivity index (χ2n) is 4.18. The molecule has 0 aliphatic rings. The minimum Gasteiger partial charge on any atom is -0.266 e. The Morgan fingerprint density at radius 1 is 1.37 bits per heavy atom. The van der Waals surface area contributed by atoms with Crippen LogP contribution >= 0.6 is 11.3 Å². The van der Waals surface area contributed by atoms with Crippen LogP contribution in [0.3, 0.4) is 0 Å². The lowest BCUT2D eigenvalue weighted by molar-refractivity contribution is -0.492. The zero-order valence-electron chi connectivity index (χ0n) is 11.0. The van der Waals surface area contributed by atoms with Crippen molar-refractivity contribution in [1.29, 1.82) is 0 Å². The van der Waals surface area contributed by atoms with Crippen molar-refractivity contribution in [2.24, 2.45) is 0 Å². The molecule has 0 saturated heterocycles. The highest BCUT2D eigenvalue weighted by molar-refractivity contribution is 7.14. The van der Waals surface area contributed by atoms with Crippen molar-refractivity contribution >= 4 is 11.3 Å². The van der Waals surface area contributed by atoms with Crippen molar-refractivity contribution in [2.45, 2.75) is 27.2 Å². The summed E-state index contributed by atoms with van der Waals surface area (Å²) in [5, 5.41) is 21.8. The molecule has 2 aromatic heterocycles. The molecule has 0 bridgehead atoms. The van der Waals surface area contributed by atoms with Crippen LogP contribution < -0.4 is 0 Å². The number of nitrogens with zero attached hydrogens (tertiary/aromatic N) is 4. The Balaban J connectivity index is 2.14. The van der Waals surface area contributed by atoms with Gasteiger partial charge < -0.3 is 0 Å². The van der Waals surface area contributed by atoms with Gasteiger partial charge in [0.2, 0.25) is 5.13 Å². The van der Waals surface area contributed by atoms with Gasteiger partial charge in [-0.3, -0.25) is 15.3 Å². The third-order valence-electron chi connectivity index (χ3n) is 2.61. The van der Waals surface area contributed by atoms with E-state index in [4.69, 9.17) is 10.4 Å². The van der Waals surface area contributed by atoms with E-state index in [-0.39, 0.29) is 12.0 Å². The Labute approximate surface area is 114 Å². The van der Waals surface area contributed by atoms with Crippen LogP contribution in [-0.2, 0) is 11.3 Å². The number of aromatic nitrogens is 3. The van der Waals surface area contributed by atoms with E-state index in [1.54, 1.807) is 0 Å². The summed E-state index contributed by atoms with van der Waals surface area (Å²) in [6.07, 6.45) is 0.556. The standard InChI is InChI=1S/C11H16N4O3S/c1-7-6-8(2)14(13-7)11-12-9(3)10(19-11)4-5-18-15(16)17/h6,16-17H,4-5H2,1-3H3. The zero-order chi connectivity index (χ0) is 14.0. The summed E-state index contributed by atoms with van der Waals surface area (Å²) < 4.78 is 1.81. The summed E-state index contributed by atoms with van der Waals surface area (Å²) in [7, 11) is 0. The minimum absolute atomic E-state index is 0.173. The molecule has 0 fully saturated rings. The van der Waals surface area contributed by atoms with Gasteiger partial charge in [0.25, 0.3) is 0 Å². The number of rotatable bonds is 5. The fraction of sp³-hybridized carbons (Fsp3) is 0.455. The van der Waals surface area contributed by atoms with Crippen LogP contribution in [0.1, 0.15) is 22.0 Å². The zero-order valence-corrected chi connectivity index (χ0v) is 11.8. The minimum atomic E-state index is -0.279. The average molecular weight is 284 g/mol. The van der Waals surface area contributed by atoms with Gasteiger partial charge in [-0.15, -0.1) is 0 Å². The van der Waals surface area contributed by atoms with Crippen molar-refractivity contribution < 1.29 is 15.3 Å². The van der Waals surface area contributed by atoms with Crippen LogP contribution in [0.2, 0.25) is 0 Å². The molecule has 0 atom stereocenters. The van der Waals surface area contributed by atoms with Crippen molar-refractivity contribution in [1.82, 2.24) is 20.2 Å². The van der Waals surface area contributed by atoms with Gasteiger partial charge in [0.05, 0.1) is 23.4 Å². The topological polar surface area (TPSA) is 83.6 Å². The molecule has 7 nitrogen and oxygen atoms in total. The van der Waals surface area contributed by atoms with Crippen LogP contribution in [-0.4, -0.2) is 37.2 Å². The van der Waals surface area contributed by atoms with E-state index in [1.165, 1.54) is 11.3 Å². The average Bonchev–Trinajstić information content (AvgIpc) is 2.82. The van der Waals surface area contributed by atoms with Crippen molar-refractivity contribution in [3.8, 4) is 5.13 Å². The van der Waals surface area contributed by atoms with Crippen LogP contribution in [0.5, 0.6) is 0 Å². The van der Waals surface area contributed by atoms with E-state index in [2.05, 4.69) is 14.9 Å². The Morgan fingerprint density at radius 2 is 2.11 bits per heavy atom. The molecule has 2 rings (SSSR count). The number of thiazole rings is 1. The summed E-state index contributed by atoms with van der Waals surface area (Å²) >= 11 is 1.52. The normalized spacial score (nSPS) is 11.5. The third-order valence-corrected chi connectivity index (χ3v) is 3.80. The van der Waals surface area contributed by atoms with E-state index < -0.39 is 0 Å². The Kier molecular flexibility index (Phi) is 4.27. The largest absolute Gasteiger partial charge is 0.266 e. The monoisotopic (exact) mass is 284 g/mol. The molecule has 2 aromatic rings. The lowest BCUT2D eigenvalue weighted by Gasteiger charge is -2.04. The smallest absolute Gasteiger partial charge is 0.211 e. The quantitative estimate of drug-likeness (QED) is 0.815. The van der Waals surface area contributed by atoms with Crippen molar-refractivity contribution in [3.63, 3.8) is 0 Å². The Hall–Kier alpha value is -1.32. The van der Waals surface area contributed by atoms with Gasteiger partial charge in [0, 0.05) is 17.0 Å². The third kappa shape index (κ3) is 3.37. The maximum atomic E-state index is 8.46. The van der Waals surface area contributed by atoms with E-state index in [1.807, 2.05) is 31.5 Å². The molecule has 19 heavy (non-hydrogen) atoms. The molecule has 8 heteroatoms. The van der Waals surface area contributed by atoms with Crippen LogP contribution in [0.25, 0.3) is 5.13 Å². The van der Waals surface area contributed by atoms with Crippen LogP contribution in [0.15, 0.2) is 6.07 Å². The molecule has 0 aliphatic carbocycles. The number of hydrogen-bond donors (Lipinski definition) is 2. The predicted molar refractivity (Wildman–Crippen MR) is 68.5 cm³/mol. The lowest BCUT2D eigenvalue weighted by Crippen LogP contribution is -2.16. The SMILES string of the molecule is Cc1cc(C)n(-c2nc(C)c(CCON(O)O)s2)n1. The van der Waals surface area contributed by atoms with Gasteiger partial charge in [-0.2, -0.15) is 5.10 Å². The van der Waals surface area contributed by atoms with Gasteiger partial charge in [-0.25, -0.2) is 9.67 Å². The second-order valence-corrected chi connectivity index (χ2v) is 5.24. The van der Waals surface area contributed by atoms with Crippen LogP contribution in [0, 0.1) is 20.8 Å².